The van der Waals surface area contributed by atoms with Crippen LogP contribution < -0.4 is 15.8 Å². The van der Waals surface area contributed by atoms with E-state index in [1.54, 1.807) is 0 Å². The monoisotopic (exact) mass is 248 g/mol. The molecule has 0 atom stereocenters. The van der Waals surface area contributed by atoms with Crippen LogP contribution in [0.1, 0.15) is 10.4 Å². The van der Waals surface area contributed by atoms with E-state index < -0.39 is 0 Å². The number of carbonyl (C=O) groups is 1. The third-order valence-electron chi connectivity index (χ3n) is 1.88. The van der Waals surface area contributed by atoms with Crippen LogP contribution in [0.4, 0.5) is 5.69 Å². The number of carbonyl (C=O) groups excluding carboxylic acids is 1. The summed E-state index contributed by atoms with van der Waals surface area (Å²) < 4.78 is 4.97. The molecule has 0 aliphatic carbocycles. The molecule has 0 radical (unpaired) electrons. The second-order valence-electron chi connectivity index (χ2n) is 2.74. The van der Waals surface area contributed by atoms with Crippen LogP contribution in [0.2, 0.25) is 10.0 Å². The Morgan fingerprint density at radius 1 is 1.47 bits per heavy atom. The maximum Gasteiger partial charge on any atom is 0.254 e. The highest BCUT2D eigenvalue weighted by atomic mass is 35.5. The third-order valence-corrected chi connectivity index (χ3v) is 2.46. The second kappa shape index (κ2) is 4.59. The van der Waals surface area contributed by atoms with E-state index in [1.165, 1.54) is 20.2 Å². The Balaban J connectivity index is 3.45. The Labute approximate surface area is 97.3 Å². The Hall–Kier alpha value is -1.13. The first-order valence-electron chi connectivity index (χ1n) is 4.06. The van der Waals surface area contributed by atoms with E-state index in [4.69, 9.17) is 33.7 Å². The largest absolute Gasteiger partial charge is 0.493 e. The van der Waals surface area contributed by atoms with Crippen LogP contribution in [0.25, 0.3) is 0 Å². The van der Waals surface area contributed by atoms with Crippen LogP contribution >= 0.6 is 23.2 Å². The van der Waals surface area contributed by atoms with Gasteiger partial charge in [0, 0.05) is 7.05 Å². The highest BCUT2D eigenvalue weighted by molar-refractivity contribution is 6.38. The molecule has 1 rings (SSSR count). The quantitative estimate of drug-likeness (QED) is 0.787. The summed E-state index contributed by atoms with van der Waals surface area (Å²) in [5.41, 5.74) is 6.02. The van der Waals surface area contributed by atoms with Gasteiger partial charge in [0.2, 0.25) is 0 Å². The molecular formula is C9H10Cl2N2O2. The van der Waals surface area contributed by atoms with Gasteiger partial charge in [-0.25, -0.2) is 0 Å². The van der Waals surface area contributed by atoms with Crippen molar-refractivity contribution in [2.75, 3.05) is 19.9 Å². The van der Waals surface area contributed by atoms with E-state index in [0.717, 1.165) is 0 Å². The van der Waals surface area contributed by atoms with E-state index in [9.17, 15) is 4.79 Å². The molecule has 0 aromatic heterocycles. The number of nitrogen functional groups attached to an aromatic ring is 1. The van der Waals surface area contributed by atoms with Gasteiger partial charge in [0.15, 0.2) is 5.75 Å². The molecule has 82 valence electrons. The van der Waals surface area contributed by atoms with Gasteiger partial charge < -0.3 is 15.8 Å². The van der Waals surface area contributed by atoms with Crippen LogP contribution in [0.15, 0.2) is 6.07 Å². The van der Waals surface area contributed by atoms with Gasteiger partial charge in [0.05, 0.1) is 28.4 Å². The van der Waals surface area contributed by atoms with Gasteiger partial charge in [-0.3, -0.25) is 4.79 Å². The number of nitrogens with two attached hydrogens (primary N) is 1. The van der Waals surface area contributed by atoms with E-state index >= 15 is 0 Å². The molecule has 0 saturated heterocycles. The molecule has 0 aliphatic rings. The molecular weight excluding hydrogens is 239 g/mol. The molecule has 1 aromatic carbocycles. The zero-order valence-electron chi connectivity index (χ0n) is 8.23. The normalized spacial score (nSPS) is 9.87. The number of methoxy groups -OCH3 is 1. The van der Waals surface area contributed by atoms with Gasteiger partial charge in [0.1, 0.15) is 0 Å². The average Bonchev–Trinajstić information content (AvgIpc) is 2.17. The number of halogens is 2. The molecule has 0 fully saturated rings. The van der Waals surface area contributed by atoms with Crippen molar-refractivity contribution >= 4 is 34.8 Å². The summed E-state index contributed by atoms with van der Waals surface area (Å²) in [6.45, 7) is 0. The van der Waals surface area contributed by atoms with Crippen molar-refractivity contribution in [1.29, 1.82) is 0 Å². The fourth-order valence-electron chi connectivity index (χ4n) is 1.18. The Morgan fingerprint density at radius 3 is 2.53 bits per heavy atom. The highest BCUT2D eigenvalue weighted by Gasteiger charge is 2.19. The molecule has 1 amide bonds. The van der Waals surface area contributed by atoms with Crippen LogP contribution in [0, 0.1) is 0 Å². The second-order valence-corrected chi connectivity index (χ2v) is 3.56. The van der Waals surface area contributed by atoms with Crippen molar-refractivity contribution in [2.24, 2.45) is 0 Å². The Bertz CT molecular complexity index is 408. The lowest BCUT2D eigenvalue weighted by atomic mass is 10.1. The van der Waals surface area contributed by atoms with Crippen molar-refractivity contribution in [3.05, 3.63) is 21.7 Å². The number of amides is 1. The van der Waals surface area contributed by atoms with Crippen LogP contribution in [-0.4, -0.2) is 20.1 Å². The number of anilines is 1. The van der Waals surface area contributed by atoms with Gasteiger partial charge >= 0.3 is 0 Å². The van der Waals surface area contributed by atoms with Crippen LogP contribution in [0.3, 0.4) is 0 Å². The van der Waals surface area contributed by atoms with Crippen LogP contribution in [-0.2, 0) is 0 Å². The van der Waals surface area contributed by atoms with Crippen molar-refractivity contribution in [1.82, 2.24) is 5.32 Å². The van der Waals surface area contributed by atoms with Gasteiger partial charge in [-0.15, -0.1) is 0 Å². The van der Waals surface area contributed by atoms with Crippen molar-refractivity contribution in [2.45, 2.75) is 0 Å². The predicted molar refractivity (Wildman–Crippen MR) is 60.8 cm³/mol. The lowest BCUT2D eigenvalue weighted by Gasteiger charge is -2.12. The summed E-state index contributed by atoms with van der Waals surface area (Å²) in [6, 6.07) is 1.42. The van der Waals surface area contributed by atoms with Gasteiger partial charge in [0.25, 0.3) is 5.91 Å². The summed E-state index contributed by atoms with van der Waals surface area (Å²) in [7, 11) is 2.90. The standard InChI is InChI=1S/C9H10Cl2N2O2/c1-13-9(14)6-4(10)3-5(11)8(15-2)7(6)12/h3H,12H2,1-2H3,(H,13,14). The smallest absolute Gasteiger partial charge is 0.254 e. The number of hydrogen-bond acceptors (Lipinski definition) is 3. The molecule has 0 saturated carbocycles. The number of hydrogen-bond donors (Lipinski definition) is 2. The molecule has 1 aromatic rings. The summed E-state index contributed by atoms with van der Waals surface area (Å²) >= 11 is 11.7. The van der Waals surface area contributed by atoms with E-state index in [0.29, 0.717) is 0 Å². The number of nitrogens with one attached hydrogen (secondary N) is 1. The third kappa shape index (κ3) is 2.11. The van der Waals surface area contributed by atoms with Gasteiger partial charge in [-0.2, -0.15) is 0 Å². The summed E-state index contributed by atoms with van der Waals surface area (Å²) in [5.74, 6) is -0.132. The summed E-state index contributed by atoms with van der Waals surface area (Å²) in [5, 5.41) is 2.89. The van der Waals surface area contributed by atoms with Gasteiger partial charge in [-0.1, -0.05) is 23.2 Å². The maximum absolute atomic E-state index is 11.5. The highest BCUT2D eigenvalue weighted by Crippen LogP contribution is 2.37. The summed E-state index contributed by atoms with van der Waals surface area (Å²) in [4.78, 5) is 11.5. The molecule has 0 aliphatic heterocycles. The van der Waals surface area contributed by atoms with E-state index in [1.807, 2.05) is 0 Å². The minimum Gasteiger partial charge on any atom is -0.493 e. The molecule has 15 heavy (non-hydrogen) atoms. The fraction of sp³-hybridized carbons (Fsp3) is 0.222. The minimum atomic E-state index is -0.382. The molecule has 6 heteroatoms. The molecule has 0 bridgehead atoms. The lowest BCUT2D eigenvalue weighted by Crippen LogP contribution is -2.20. The molecule has 0 unspecified atom stereocenters. The lowest BCUT2D eigenvalue weighted by molar-refractivity contribution is 0.0964. The first-order chi connectivity index (χ1) is 7.02. The summed E-state index contributed by atoms with van der Waals surface area (Å²) in [6.07, 6.45) is 0. The zero-order valence-corrected chi connectivity index (χ0v) is 9.74. The first kappa shape index (κ1) is 11.9. The maximum atomic E-state index is 11.5. The number of benzene rings is 1. The Morgan fingerprint density at radius 2 is 2.07 bits per heavy atom. The topological polar surface area (TPSA) is 64.3 Å². The van der Waals surface area contributed by atoms with Gasteiger partial charge in [-0.05, 0) is 6.07 Å². The Kier molecular flexibility index (Phi) is 3.66. The molecule has 0 heterocycles. The minimum absolute atomic E-state index is 0.134. The number of rotatable bonds is 2. The zero-order chi connectivity index (χ0) is 11.6. The molecule has 4 nitrogen and oxygen atoms in total. The van der Waals surface area contributed by atoms with E-state index in [-0.39, 0.29) is 33.0 Å². The van der Waals surface area contributed by atoms with Crippen LogP contribution in [0.5, 0.6) is 5.75 Å². The molecule has 0 spiro atoms. The van der Waals surface area contributed by atoms with Crippen molar-refractivity contribution < 1.29 is 9.53 Å². The first-order valence-corrected chi connectivity index (χ1v) is 4.82. The van der Waals surface area contributed by atoms with Crippen molar-refractivity contribution in [3.8, 4) is 5.75 Å². The predicted octanol–water partition coefficient (Wildman–Crippen LogP) is 1.94. The van der Waals surface area contributed by atoms with E-state index in [2.05, 4.69) is 5.32 Å². The SMILES string of the molecule is CNC(=O)c1c(Cl)cc(Cl)c(OC)c1N. The molecule has 3 N–H and O–H groups in total. The van der Waals surface area contributed by atoms with Crippen molar-refractivity contribution in [3.63, 3.8) is 0 Å². The fourth-order valence-corrected chi connectivity index (χ4v) is 1.82. The average molecular weight is 249 g/mol. The number of ether oxygens (including phenoxy) is 1.